The first-order valence-corrected chi connectivity index (χ1v) is 13.5. The van der Waals surface area contributed by atoms with E-state index in [1.54, 1.807) is 17.8 Å². The molecule has 2 atom stereocenters. The second-order valence-electron chi connectivity index (χ2n) is 11.3. The Morgan fingerprint density at radius 3 is 2.58 bits per heavy atom. The molecule has 2 unspecified atom stereocenters. The van der Waals surface area contributed by atoms with Crippen molar-refractivity contribution in [3.63, 3.8) is 0 Å². The normalized spacial score (nSPS) is 21.3. The van der Waals surface area contributed by atoms with Crippen molar-refractivity contribution in [3.8, 4) is 23.1 Å². The predicted molar refractivity (Wildman–Crippen MR) is 151 cm³/mol. The smallest absolute Gasteiger partial charge is 0.264 e. The molecule has 4 fully saturated rings. The van der Waals surface area contributed by atoms with E-state index in [-0.39, 0.29) is 5.54 Å². The number of methoxy groups -OCH3 is 1. The SMILES string of the molecule is [C-]#[N+]C1(C)CN(c2cc(-c3ccc(N4CC5CC(C4)N5Cc4ccc(OC)nc4)nc3)c3c(C#N)cnn3c2)C1. The summed E-state index contributed by atoms with van der Waals surface area (Å²) in [6, 6.07) is 13.6. The van der Waals surface area contributed by atoms with Crippen LogP contribution in [0.5, 0.6) is 5.88 Å². The molecule has 4 saturated heterocycles. The molecule has 0 radical (unpaired) electrons. The molecule has 8 rings (SSSR count). The maximum absolute atomic E-state index is 9.73. The van der Waals surface area contributed by atoms with Crippen LogP contribution in [0.15, 0.2) is 55.1 Å². The molecule has 200 valence electrons. The second kappa shape index (κ2) is 9.22. The highest BCUT2D eigenvalue weighted by Gasteiger charge is 2.46. The molecule has 10 nitrogen and oxygen atoms in total. The number of nitrogens with zero attached hydrogens (tertiary/aromatic N) is 9. The topological polar surface area (TPSA) is 90.2 Å². The van der Waals surface area contributed by atoms with Gasteiger partial charge >= 0.3 is 0 Å². The van der Waals surface area contributed by atoms with E-state index in [1.807, 2.05) is 31.6 Å². The quantitative estimate of drug-likeness (QED) is 0.349. The van der Waals surface area contributed by atoms with Crippen molar-refractivity contribution < 1.29 is 4.74 Å². The van der Waals surface area contributed by atoms with E-state index in [0.29, 0.717) is 36.6 Å². The molecule has 4 aromatic rings. The lowest BCUT2D eigenvalue weighted by atomic mass is 9.87. The molecule has 0 N–H and O–H groups in total. The number of aromatic nitrogens is 4. The summed E-state index contributed by atoms with van der Waals surface area (Å²) in [5.41, 5.74) is 5.01. The third-order valence-corrected chi connectivity index (χ3v) is 8.52. The summed E-state index contributed by atoms with van der Waals surface area (Å²) < 4.78 is 6.96. The van der Waals surface area contributed by atoms with Gasteiger partial charge in [-0.05, 0) is 30.2 Å². The average Bonchev–Trinajstić information content (AvgIpc) is 3.41. The Balaban J connectivity index is 1.10. The molecule has 4 aliphatic heterocycles. The molecule has 0 aromatic carbocycles. The van der Waals surface area contributed by atoms with Crippen molar-refractivity contribution in [3.05, 3.63) is 77.7 Å². The first-order chi connectivity index (χ1) is 19.5. The van der Waals surface area contributed by atoms with Crippen LogP contribution in [0.25, 0.3) is 21.5 Å². The van der Waals surface area contributed by atoms with Crippen LogP contribution in [0.2, 0.25) is 0 Å². The zero-order chi connectivity index (χ0) is 27.4. The highest BCUT2D eigenvalue weighted by Crippen LogP contribution is 2.38. The lowest BCUT2D eigenvalue weighted by Gasteiger charge is -2.56. The largest absolute Gasteiger partial charge is 0.481 e. The minimum Gasteiger partial charge on any atom is -0.481 e. The summed E-state index contributed by atoms with van der Waals surface area (Å²) >= 11 is 0. The van der Waals surface area contributed by atoms with Crippen molar-refractivity contribution >= 4 is 17.0 Å². The Morgan fingerprint density at radius 1 is 1.10 bits per heavy atom. The summed E-state index contributed by atoms with van der Waals surface area (Å²) in [5.74, 6) is 1.61. The molecule has 4 aromatic heterocycles. The molecule has 0 saturated carbocycles. The molecule has 0 spiro atoms. The fourth-order valence-electron chi connectivity index (χ4n) is 6.31. The standard InChI is InChI=1S/C30H29N9O/c1-30(32-2)18-37(19-30)23-9-26(29-22(10-31)13-35-39(29)17-23)21-5-6-27(33-12-21)36-15-24-8-25(16-36)38(24)14-20-4-7-28(40-3)34-11-20/h4-7,9,11-13,17,24-25H,8,14-16,18-19H2,1,3H3. The van der Waals surface area contributed by atoms with Gasteiger partial charge in [0.25, 0.3) is 5.54 Å². The number of anilines is 2. The predicted octanol–water partition coefficient (Wildman–Crippen LogP) is 3.63. The van der Waals surface area contributed by atoms with Gasteiger partial charge in [0.2, 0.25) is 5.88 Å². The van der Waals surface area contributed by atoms with Crippen molar-refractivity contribution in [2.24, 2.45) is 0 Å². The summed E-state index contributed by atoms with van der Waals surface area (Å²) in [5, 5.41) is 14.2. The number of pyridine rings is 3. The first kappa shape index (κ1) is 24.4. The summed E-state index contributed by atoms with van der Waals surface area (Å²) in [7, 11) is 1.64. The number of hydrogen-bond acceptors (Lipinski definition) is 8. The molecule has 0 aliphatic carbocycles. The van der Waals surface area contributed by atoms with Gasteiger partial charge in [-0.1, -0.05) is 6.07 Å². The number of ether oxygens (including phenoxy) is 1. The van der Waals surface area contributed by atoms with Gasteiger partial charge in [0.05, 0.1) is 49.4 Å². The van der Waals surface area contributed by atoms with E-state index in [4.69, 9.17) is 16.3 Å². The number of piperidine rings is 1. The number of hydrogen-bond donors (Lipinski definition) is 0. The fraction of sp³-hybridized carbons (Fsp3) is 0.367. The average molecular weight is 532 g/mol. The Labute approximate surface area is 232 Å². The first-order valence-electron chi connectivity index (χ1n) is 13.5. The van der Waals surface area contributed by atoms with Crippen LogP contribution in [-0.4, -0.2) is 75.4 Å². The number of piperazine rings is 1. The van der Waals surface area contributed by atoms with Gasteiger partial charge in [-0.2, -0.15) is 10.4 Å². The lowest BCUT2D eigenvalue weighted by Crippen LogP contribution is -2.68. The molecule has 0 amide bonds. The Morgan fingerprint density at radius 2 is 1.93 bits per heavy atom. The van der Waals surface area contributed by atoms with Gasteiger partial charge in [0.15, 0.2) is 0 Å². The van der Waals surface area contributed by atoms with Crippen LogP contribution < -0.4 is 14.5 Å². The maximum atomic E-state index is 9.73. The number of fused-ring (bicyclic) bond motifs is 3. The lowest BCUT2D eigenvalue weighted by molar-refractivity contribution is -0.00876. The molecule has 10 heteroatoms. The van der Waals surface area contributed by atoms with Crippen LogP contribution in [0.1, 0.15) is 24.5 Å². The summed E-state index contributed by atoms with van der Waals surface area (Å²) in [6.07, 6.45) is 8.57. The Kier molecular flexibility index (Phi) is 5.62. The van der Waals surface area contributed by atoms with Gasteiger partial charge in [-0.25, -0.2) is 21.1 Å². The Bertz CT molecular complexity index is 1650. The molecule has 4 aliphatic rings. The summed E-state index contributed by atoms with van der Waals surface area (Å²) in [6.45, 7) is 13.6. The minimum atomic E-state index is -0.351. The third-order valence-electron chi connectivity index (χ3n) is 8.52. The third kappa shape index (κ3) is 4.00. The van der Waals surface area contributed by atoms with Crippen LogP contribution >= 0.6 is 0 Å². The van der Waals surface area contributed by atoms with E-state index in [0.717, 1.165) is 47.8 Å². The number of nitriles is 1. The van der Waals surface area contributed by atoms with Crippen molar-refractivity contribution in [1.82, 2.24) is 24.5 Å². The van der Waals surface area contributed by atoms with E-state index in [1.165, 1.54) is 12.0 Å². The molecule has 8 heterocycles. The highest BCUT2D eigenvalue weighted by atomic mass is 16.5. The van der Waals surface area contributed by atoms with Crippen LogP contribution in [0, 0.1) is 17.9 Å². The van der Waals surface area contributed by atoms with Crippen molar-refractivity contribution in [1.29, 1.82) is 5.26 Å². The van der Waals surface area contributed by atoms with Gasteiger partial charge in [-0.15, -0.1) is 0 Å². The molecule has 2 bridgehead atoms. The zero-order valence-electron chi connectivity index (χ0n) is 22.5. The fourth-order valence-corrected chi connectivity index (χ4v) is 6.31. The van der Waals surface area contributed by atoms with Gasteiger partial charge in [0.1, 0.15) is 11.9 Å². The minimum absolute atomic E-state index is 0.351. The van der Waals surface area contributed by atoms with E-state index < -0.39 is 0 Å². The maximum Gasteiger partial charge on any atom is 0.264 e. The van der Waals surface area contributed by atoms with Crippen molar-refractivity contribution in [2.75, 3.05) is 43.1 Å². The Hall–Kier alpha value is -4.67. The number of rotatable bonds is 6. The van der Waals surface area contributed by atoms with Crippen LogP contribution in [0.3, 0.4) is 0 Å². The highest BCUT2D eigenvalue weighted by molar-refractivity contribution is 5.86. The molecular formula is C30H29N9O. The van der Waals surface area contributed by atoms with E-state index in [2.05, 4.69) is 60.0 Å². The van der Waals surface area contributed by atoms with E-state index in [9.17, 15) is 5.26 Å². The zero-order valence-corrected chi connectivity index (χ0v) is 22.5. The molecular weight excluding hydrogens is 502 g/mol. The summed E-state index contributed by atoms with van der Waals surface area (Å²) in [4.78, 5) is 20.1. The van der Waals surface area contributed by atoms with Gasteiger partial charge in [-0.3, -0.25) is 4.90 Å². The van der Waals surface area contributed by atoms with Crippen LogP contribution in [0.4, 0.5) is 11.5 Å². The van der Waals surface area contributed by atoms with Crippen molar-refractivity contribution in [2.45, 2.75) is 37.5 Å². The monoisotopic (exact) mass is 531 g/mol. The van der Waals surface area contributed by atoms with Gasteiger partial charge < -0.3 is 19.4 Å². The molecule has 40 heavy (non-hydrogen) atoms. The van der Waals surface area contributed by atoms with Gasteiger partial charge in [0, 0.05) is 68.2 Å². The van der Waals surface area contributed by atoms with Crippen LogP contribution in [-0.2, 0) is 6.54 Å². The second-order valence-corrected chi connectivity index (χ2v) is 11.3. The van der Waals surface area contributed by atoms with E-state index >= 15 is 0 Å².